The maximum atomic E-state index is 12.7. The Morgan fingerprint density at radius 3 is 2.75 bits per heavy atom. The minimum Gasteiger partial charge on any atom is -0.379 e. The van der Waals surface area contributed by atoms with Crippen molar-refractivity contribution in [3.05, 3.63) is 11.9 Å². The molecule has 1 atom stereocenters. The second-order valence-electron chi connectivity index (χ2n) is 7.79. The summed E-state index contributed by atoms with van der Waals surface area (Å²) in [5, 5.41) is 0.196. The van der Waals surface area contributed by atoms with Gasteiger partial charge in [-0.2, -0.15) is 0 Å². The molecule has 2 aliphatic heterocycles. The summed E-state index contributed by atoms with van der Waals surface area (Å²) in [7, 11) is -1.30. The van der Waals surface area contributed by atoms with Crippen molar-refractivity contribution >= 4 is 9.84 Å². The van der Waals surface area contributed by atoms with Crippen molar-refractivity contribution in [1.29, 1.82) is 0 Å². The molecule has 0 saturated carbocycles. The number of nitrogens with zero attached hydrogens (tertiary/aromatic N) is 4. The lowest BCUT2D eigenvalue weighted by Gasteiger charge is -2.28. The second-order valence-corrected chi connectivity index (χ2v) is 9.79. The van der Waals surface area contributed by atoms with Gasteiger partial charge in [0.1, 0.15) is 0 Å². The zero-order valence-electron chi connectivity index (χ0n) is 17.2. The monoisotopic (exact) mass is 414 g/mol. The Hall–Kier alpha value is -1.00. The SMILES string of the molecule is CCCS(=O)(=O)c1ncc(CN(C)CCN2CCOCC2)n1C[C@@H]1CCCO1. The quantitative estimate of drug-likeness (QED) is 0.565. The van der Waals surface area contributed by atoms with Crippen LogP contribution in [0.25, 0.3) is 0 Å². The normalized spacial score (nSPS) is 21.6. The number of aromatic nitrogens is 2. The molecule has 3 rings (SSSR count). The first kappa shape index (κ1) is 21.7. The van der Waals surface area contributed by atoms with Crippen molar-refractivity contribution < 1.29 is 17.9 Å². The molecular formula is C19H34N4O4S. The number of likely N-dealkylation sites (N-methyl/N-ethyl adjacent to an activating group) is 1. The fraction of sp³-hybridized carbons (Fsp3) is 0.842. The van der Waals surface area contributed by atoms with E-state index in [1.54, 1.807) is 6.20 Å². The summed E-state index contributed by atoms with van der Waals surface area (Å²) < 4.78 is 38.5. The molecule has 1 aromatic heterocycles. The molecule has 2 saturated heterocycles. The van der Waals surface area contributed by atoms with Gasteiger partial charge in [0.2, 0.25) is 15.0 Å². The number of hydrogen-bond acceptors (Lipinski definition) is 7. The van der Waals surface area contributed by atoms with Crippen LogP contribution in [0.3, 0.4) is 0 Å². The Bertz CT molecular complexity index is 710. The van der Waals surface area contributed by atoms with Gasteiger partial charge in [0.05, 0.1) is 43.5 Å². The van der Waals surface area contributed by atoms with Gasteiger partial charge in [-0.25, -0.2) is 13.4 Å². The van der Waals surface area contributed by atoms with E-state index in [-0.39, 0.29) is 17.0 Å². The van der Waals surface area contributed by atoms with Crippen LogP contribution in [-0.4, -0.2) is 92.7 Å². The Kier molecular flexibility index (Phi) is 7.87. The van der Waals surface area contributed by atoms with Gasteiger partial charge in [0.25, 0.3) is 0 Å². The molecule has 0 spiro atoms. The van der Waals surface area contributed by atoms with Gasteiger partial charge in [-0.3, -0.25) is 9.80 Å². The first-order valence-corrected chi connectivity index (χ1v) is 12.0. The van der Waals surface area contributed by atoms with E-state index in [9.17, 15) is 8.42 Å². The Balaban J connectivity index is 1.68. The molecule has 0 aromatic carbocycles. The fourth-order valence-electron chi connectivity index (χ4n) is 3.81. The predicted molar refractivity (Wildman–Crippen MR) is 107 cm³/mol. The minimum absolute atomic E-state index is 0.0715. The summed E-state index contributed by atoms with van der Waals surface area (Å²) in [6, 6.07) is 0. The Labute approximate surface area is 168 Å². The number of hydrogen-bond donors (Lipinski definition) is 0. The number of rotatable bonds is 10. The summed E-state index contributed by atoms with van der Waals surface area (Å²) in [5.41, 5.74) is 0.939. The van der Waals surface area contributed by atoms with E-state index in [0.29, 0.717) is 19.5 Å². The molecule has 1 aromatic rings. The van der Waals surface area contributed by atoms with Crippen LogP contribution in [0.2, 0.25) is 0 Å². The molecule has 9 heteroatoms. The Morgan fingerprint density at radius 1 is 1.29 bits per heavy atom. The number of sulfone groups is 1. The van der Waals surface area contributed by atoms with Crippen molar-refractivity contribution in [3.8, 4) is 0 Å². The molecule has 2 fully saturated rings. The van der Waals surface area contributed by atoms with Gasteiger partial charge < -0.3 is 14.0 Å². The number of imidazole rings is 1. The lowest BCUT2D eigenvalue weighted by Crippen LogP contribution is -2.40. The summed E-state index contributed by atoms with van der Waals surface area (Å²) in [4.78, 5) is 8.95. The van der Waals surface area contributed by atoms with Crippen LogP contribution >= 0.6 is 0 Å². The number of ether oxygens (including phenoxy) is 2. The maximum Gasteiger partial charge on any atom is 0.227 e. The first-order valence-electron chi connectivity index (χ1n) is 10.4. The zero-order chi connectivity index (χ0) is 20.0. The third-order valence-corrected chi connectivity index (χ3v) is 7.22. The minimum atomic E-state index is -3.37. The molecule has 160 valence electrons. The van der Waals surface area contributed by atoms with Crippen molar-refractivity contribution in [2.24, 2.45) is 0 Å². The van der Waals surface area contributed by atoms with Gasteiger partial charge in [-0.15, -0.1) is 0 Å². The molecule has 0 N–H and O–H groups in total. The van der Waals surface area contributed by atoms with Crippen molar-refractivity contribution in [2.45, 2.75) is 50.5 Å². The fourth-order valence-corrected chi connectivity index (χ4v) is 5.27. The van der Waals surface area contributed by atoms with Crippen LogP contribution < -0.4 is 0 Å². The van der Waals surface area contributed by atoms with Crippen molar-refractivity contribution in [1.82, 2.24) is 19.4 Å². The average molecular weight is 415 g/mol. The van der Waals surface area contributed by atoms with Crippen LogP contribution in [-0.2, 0) is 32.4 Å². The first-order chi connectivity index (χ1) is 13.5. The van der Waals surface area contributed by atoms with Crippen LogP contribution in [0.5, 0.6) is 0 Å². The third-order valence-electron chi connectivity index (χ3n) is 5.40. The van der Waals surface area contributed by atoms with E-state index in [1.165, 1.54) is 0 Å². The van der Waals surface area contributed by atoms with Gasteiger partial charge in [-0.05, 0) is 26.3 Å². The molecule has 0 amide bonds. The van der Waals surface area contributed by atoms with Gasteiger partial charge >= 0.3 is 0 Å². The van der Waals surface area contributed by atoms with E-state index in [2.05, 4.69) is 21.8 Å². The van der Waals surface area contributed by atoms with Crippen molar-refractivity contribution in [3.63, 3.8) is 0 Å². The molecule has 0 aliphatic carbocycles. The predicted octanol–water partition coefficient (Wildman–Crippen LogP) is 1.01. The third kappa shape index (κ3) is 5.76. The molecule has 8 nitrogen and oxygen atoms in total. The summed E-state index contributed by atoms with van der Waals surface area (Å²) in [6.45, 7) is 9.33. The summed E-state index contributed by atoms with van der Waals surface area (Å²) >= 11 is 0. The zero-order valence-corrected chi connectivity index (χ0v) is 18.0. The summed E-state index contributed by atoms with van der Waals surface area (Å²) in [6.07, 6.45) is 4.39. The van der Waals surface area contributed by atoms with E-state index in [1.807, 2.05) is 11.5 Å². The lowest BCUT2D eigenvalue weighted by atomic mass is 10.2. The largest absolute Gasteiger partial charge is 0.379 e. The van der Waals surface area contributed by atoms with Gasteiger partial charge in [-0.1, -0.05) is 6.92 Å². The highest BCUT2D eigenvalue weighted by Crippen LogP contribution is 2.20. The second kappa shape index (κ2) is 10.2. The molecule has 28 heavy (non-hydrogen) atoms. The van der Waals surface area contributed by atoms with Crippen LogP contribution in [0.4, 0.5) is 0 Å². The standard InChI is InChI=1S/C19H34N4O4S/c1-3-13-28(24,25)19-20-14-17(23(19)16-18-5-4-10-27-18)15-21(2)6-7-22-8-11-26-12-9-22/h14,18H,3-13,15-16H2,1-2H3/t18-/m0/s1. The van der Waals surface area contributed by atoms with Gasteiger partial charge in [0.15, 0.2) is 0 Å². The number of morpholine rings is 1. The van der Waals surface area contributed by atoms with E-state index in [0.717, 1.165) is 64.5 Å². The summed E-state index contributed by atoms with van der Waals surface area (Å²) in [5.74, 6) is 0.127. The highest BCUT2D eigenvalue weighted by Gasteiger charge is 2.26. The Morgan fingerprint density at radius 2 is 2.07 bits per heavy atom. The van der Waals surface area contributed by atoms with Crippen LogP contribution in [0.1, 0.15) is 31.9 Å². The maximum absolute atomic E-state index is 12.7. The van der Waals surface area contributed by atoms with Crippen LogP contribution in [0, 0.1) is 0 Å². The van der Waals surface area contributed by atoms with E-state index >= 15 is 0 Å². The van der Waals surface area contributed by atoms with Gasteiger partial charge in [0, 0.05) is 39.3 Å². The average Bonchev–Trinajstić information content (AvgIpc) is 3.32. The van der Waals surface area contributed by atoms with E-state index < -0.39 is 9.84 Å². The molecule has 0 bridgehead atoms. The van der Waals surface area contributed by atoms with Crippen LogP contribution in [0.15, 0.2) is 11.4 Å². The molecule has 0 unspecified atom stereocenters. The molecule has 0 radical (unpaired) electrons. The molecule has 3 heterocycles. The molecule has 2 aliphatic rings. The topological polar surface area (TPSA) is 76.9 Å². The highest BCUT2D eigenvalue weighted by molar-refractivity contribution is 7.91. The lowest BCUT2D eigenvalue weighted by molar-refractivity contribution is 0.0340. The highest BCUT2D eigenvalue weighted by atomic mass is 32.2. The smallest absolute Gasteiger partial charge is 0.227 e. The molecular weight excluding hydrogens is 380 g/mol. The van der Waals surface area contributed by atoms with Crippen molar-refractivity contribution in [2.75, 3.05) is 58.8 Å². The van der Waals surface area contributed by atoms with E-state index in [4.69, 9.17) is 9.47 Å².